The summed E-state index contributed by atoms with van der Waals surface area (Å²) in [5.41, 5.74) is 2.04. The summed E-state index contributed by atoms with van der Waals surface area (Å²) in [5.74, 6) is -0.364. The molecule has 0 saturated carbocycles. The minimum atomic E-state index is -0.587. The molecule has 1 aromatic carbocycles. The van der Waals surface area contributed by atoms with Crippen molar-refractivity contribution in [2.45, 2.75) is 19.4 Å². The lowest BCUT2D eigenvalue weighted by Crippen LogP contribution is -2.49. The molecule has 0 aliphatic carbocycles. The van der Waals surface area contributed by atoms with Crippen molar-refractivity contribution in [1.82, 2.24) is 20.5 Å². The van der Waals surface area contributed by atoms with Gasteiger partial charge in [-0.3, -0.25) is 14.5 Å². The number of hydrogen-bond donors (Lipinski definition) is 3. The zero-order valence-electron chi connectivity index (χ0n) is 15.1. The van der Waals surface area contributed by atoms with E-state index in [-0.39, 0.29) is 11.8 Å². The summed E-state index contributed by atoms with van der Waals surface area (Å²) in [6, 6.07) is 7.36. The first-order chi connectivity index (χ1) is 12.6. The molecule has 0 unspecified atom stereocenters. The van der Waals surface area contributed by atoms with Crippen LogP contribution in [0.15, 0.2) is 30.5 Å². The number of fused-ring (bicyclic) bond motifs is 1. The van der Waals surface area contributed by atoms with E-state index in [2.05, 4.69) is 20.5 Å². The molecule has 7 heteroatoms. The Bertz CT molecular complexity index is 752. The molecule has 1 aromatic heterocycles. The summed E-state index contributed by atoms with van der Waals surface area (Å²) in [5, 5.41) is 6.80. The summed E-state index contributed by atoms with van der Waals surface area (Å²) in [7, 11) is 0. The number of aromatic amines is 1. The van der Waals surface area contributed by atoms with Crippen molar-refractivity contribution >= 4 is 22.7 Å². The summed E-state index contributed by atoms with van der Waals surface area (Å²) < 4.78 is 5.32. The summed E-state index contributed by atoms with van der Waals surface area (Å²) in [4.78, 5) is 29.6. The fraction of sp³-hybridized carbons (Fsp3) is 0.474. The smallest absolute Gasteiger partial charge is 0.242 e. The number of H-pyrrole nitrogens is 1. The number of carbonyl (C=O) groups excluding carboxylic acids is 2. The first-order valence-electron chi connectivity index (χ1n) is 9.03. The van der Waals surface area contributed by atoms with Gasteiger partial charge in [0, 0.05) is 56.6 Å². The molecule has 1 fully saturated rings. The number of benzene rings is 1. The number of para-hydroxylation sites is 1. The van der Waals surface area contributed by atoms with Crippen molar-refractivity contribution in [2.24, 2.45) is 0 Å². The van der Waals surface area contributed by atoms with E-state index >= 15 is 0 Å². The van der Waals surface area contributed by atoms with E-state index in [1.807, 2.05) is 30.5 Å². The van der Waals surface area contributed by atoms with E-state index in [4.69, 9.17) is 4.74 Å². The van der Waals surface area contributed by atoms with Gasteiger partial charge in [0.2, 0.25) is 11.8 Å². The van der Waals surface area contributed by atoms with Gasteiger partial charge in [0.25, 0.3) is 0 Å². The topological polar surface area (TPSA) is 86.5 Å². The van der Waals surface area contributed by atoms with Gasteiger partial charge in [0.1, 0.15) is 6.04 Å². The molecule has 7 nitrogen and oxygen atoms in total. The van der Waals surface area contributed by atoms with Crippen LogP contribution in [0.1, 0.15) is 12.5 Å². The van der Waals surface area contributed by atoms with Crippen LogP contribution in [-0.4, -0.2) is 67.1 Å². The van der Waals surface area contributed by atoms with Crippen LogP contribution in [0.5, 0.6) is 0 Å². The normalized spacial score (nSPS) is 16.3. The molecule has 0 bridgehead atoms. The van der Waals surface area contributed by atoms with E-state index in [1.165, 1.54) is 6.92 Å². The molecule has 3 rings (SSSR count). The molecule has 0 radical (unpaired) electrons. The van der Waals surface area contributed by atoms with Crippen LogP contribution >= 0.6 is 0 Å². The highest BCUT2D eigenvalue weighted by Crippen LogP contribution is 2.19. The van der Waals surface area contributed by atoms with E-state index in [9.17, 15) is 9.59 Å². The Hall–Kier alpha value is -2.38. The van der Waals surface area contributed by atoms with Crippen LogP contribution in [0.2, 0.25) is 0 Å². The zero-order valence-corrected chi connectivity index (χ0v) is 15.1. The second-order valence-corrected chi connectivity index (χ2v) is 6.56. The number of nitrogens with one attached hydrogen (secondary N) is 3. The summed E-state index contributed by atoms with van der Waals surface area (Å²) in [6.45, 7) is 6.04. The Kier molecular flexibility index (Phi) is 6.25. The van der Waals surface area contributed by atoms with Crippen LogP contribution < -0.4 is 10.6 Å². The molecule has 1 atom stereocenters. The monoisotopic (exact) mass is 358 g/mol. The maximum absolute atomic E-state index is 12.6. The van der Waals surface area contributed by atoms with Gasteiger partial charge < -0.3 is 20.4 Å². The summed E-state index contributed by atoms with van der Waals surface area (Å²) in [6.07, 6.45) is 2.35. The Morgan fingerprint density at radius 2 is 2.04 bits per heavy atom. The number of aromatic nitrogens is 1. The van der Waals surface area contributed by atoms with Crippen molar-refractivity contribution in [1.29, 1.82) is 0 Å². The predicted molar refractivity (Wildman–Crippen MR) is 99.9 cm³/mol. The van der Waals surface area contributed by atoms with Gasteiger partial charge in [0.15, 0.2) is 0 Å². The van der Waals surface area contributed by atoms with Gasteiger partial charge >= 0.3 is 0 Å². The molecule has 140 valence electrons. The standard InChI is InChI=1S/C19H26N4O3/c1-14(24)22-18(12-15-13-21-17-5-3-2-4-16(15)17)19(25)20-6-7-23-8-10-26-11-9-23/h2-5,13,18,21H,6-12H2,1H3,(H,20,25)(H,22,24)/t18-/m0/s1. The van der Waals surface area contributed by atoms with Crippen LogP contribution in [0, 0.1) is 0 Å². The van der Waals surface area contributed by atoms with E-state index in [1.54, 1.807) is 0 Å². The van der Waals surface area contributed by atoms with Crippen LogP contribution in [-0.2, 0) is 20.7 Å². The first-order valence-corrected chi connectivity index (χ1v) is 9.03. The molecule has 0 spiro atoms. The summed E-state index contributed by atoms with van der Waals surface area (Å²) >= 11 is 0. The molecule has 2 heterocycles. The van der Waals surface area contributed by atoms with Crippen LogP contribution in [0.25, 0.3) is 10.9 Å². The quantitative estimate of drug-likeness (QED) is 0.679. The highest BCUT2D eigenvalue weighted by molar-refractivity contribution is 5.89. The molecule has 1 saturated heterocycles. The third-order valence-corrected chi connectivity index (χ3v) is 4.62. The fourth-order valence-corrected chi connectivity index (χ4v) is 3.26. The maximum atomic E-state index is 12.6. The van der Waals surface area contributed by atoms with Crippen molar-refractivity contribution in [3.8, 4) is 0 Å². The average Bonchev–Trinajstić information content (AvgIpc) is 3.05. The maximum Gasteiger partial charge on any atom is 0.242 e. The number of amides is 2. The SMILES string of the molecule is CC(=O)N[C@@H](Cc1c[nH]c2ccccc12)C(=O)NCCN1CCOCC1. The third-order valence-electron chi connectivity index (χ3n) is 4.62. The molecule has 26 heavy (non-hydrogen) atoms. The second kappa shape index (κ2) is 8.82. The Balaban J connectivity index is 1.59. The number of rotatable bonds is 7. The fourth-order valence-electron chi connectivity index (χ4n) is 3.26. The van der Waals surface area contributed by atoms with Gasteiger partial charge in [-0.15, -0.1) is 0 Å². The van der Waals surface area contributed by atoms with E-state index in [0.717, 1.165) is 49.3 Å². The van der Waals surface area contributed by atoms with Gasteiger partial charge in [-0.05, 0) is 11.6 Å². The van der Waals surface area contributed by atoms with Gasteiger partial charge in [-0.25, -0.2) is 0 Å². The average molecular weight is 358 g/mol. The minimum Gasteiger partial charge on any atom is -0.379 e. The minimum absolute atomic E-state index is 0.154. The lowest BCUT2D eigenvalue weighted by molar-refractivity contribution is -0.128. The van der Waals surface area contributed by atoms with Crippen molar-refractivity contribution in [2.75, 3.05) is 39.4 Å². The molecule has 1 aliphatic rings. The molecular weight excluding hydrogens is 332 g/mol. The number of carbonyl (C=O) groups is 2. The highest BCUT2D eigenvalue weighted by atomic mass is 16.5. The molecule has 3 N–H and O–H groups in total. The number of nitrogens with zero attached hydrogens (tertiary/aromatic N) is 1. The van der Waals surface area contributed by atoms with Crippen LogP contribution in [0.3, 0.4) is 0 Å². The zero-order chi connectivity index (χ0) is 18.4. The van der Waals surface area contributed by atoms with Crippen molar-refractivity contribution in [3.05, 3.63) is 36.0 Å². The molecule has 2 amide bonds. The number of ether oxygens (including phenoxy) is 1. The second-order valence-electron chi connectivity index (χ2n) is 6.56. The first kappa shape index (κ1) is 18.4. The predicted octanol–water partition coefficient (Wildman–Crippen LogP) is 0.664. The van der Waals surface area contributed by atoms with Crippen molar-refractivity contribution in [3.63, 3.8) is 0 Å². The lowest BCUT2D eigenvalue weighted by atomic mass is 10.0. The van der Waals surface area contributed by atoms with Gasteiger partial charge in [-0.2, -0.15) is 0 Å². The molecule has 1 aliphatic heterocycles. The largest absolute Gasteiger partial charge is 0.379 e. The number of morpholine rings is 1. The van der Waals surface area contributed by atoms with Gasteiger partial charge in [0.05, 0.1) is 13.2 Å². The third kappa shape index (κ3) is 4.83. The Morgan fingerprint density at radius 3 is 2.81 bits per heavy atom. The van der Waals surface area contributed by atoms with E-state index in [0.29, 0.717) is 13.0 Å². The molecule has 2 aromatic rings. The number of hydrogen-bond acceptors (Lipinski definition) is 4. The van der Waals surface area contributed by atoms with Gasteiger partial charge in [-0.1, -0.05) is 18.2 Å². The Labute approximate surface area is 153 Å². The lowest BCUT2D eigenvalue weighted by Gasteiger charge is -2.27. The molecular formula is C19H26N4O3. The Morgan fingerprint density at radius 1 is 1.27 bits per heavy atom. The highest BCUT2D eigenvalue weighted by Gasteiger charge is 2.21. The van der Waals surface area contributed by atoms with Crippen LogP contribution in [0.4, 0.5) is 0 Å². The van der Waals surface area contributed by atoms with E-state index < -0.39 is 6.04 Å². The van der Waals surface area contributed by atoms with Crippen molar-refractivity contribution < 1.29 is 14.3 Å².